The molecule has 1 unspecified atom stereocenters. The molecule has 1 N–H and O–H groups in total. The van der Waals surface area contributed by atoms with E-state index in [2.05, 4.69) is 5.32 Å². The maximum atomic E-state index is 13.3. The van der Waals surface area contributed by atoms with Gasteiger partial charge in [0.1, 0.15) is 25.9 Å². The van der Waals surface area contributed by atoms with E-state index in [4.69, 9.17) is 27.9 Å². The maximum Gasteiger partial charge on any atom is 0.410 e. The van der Waals surface area contributed by atoms with Crippen molar-refractivity contribution in [2.24, 2.45) is 0 Å². The quantitative estimate of drug-likeness (QED) is 0.470. The molecule has 0 spiro atoms. The van der Waals surface area contributed by atoms with E-state index in [1.54, 1.807) is 18.2 Å². The number of carbonyl (C=O) groups is 4. The van der Waals surface area contributed by atoms with Crippen LogP contribution in [0.15, 0.2) is 18.2 Å². The summed E-state index contributed by atoms with van der Waals surface area (Å²) >= 11 is 11.9. The standard InChI is InChI=1S/C23H31Cl2FN4O5/c1-28(2)10-8-27-21(32)14-29(13-17(31)12-26)22(33)20-5-3-4-9-30(20)23(34)35-15-16-6-7-18(24)19(25)11-16/h6-7,11,20H,3-5,8-10,12-15H2,1-2H3,(H,27,32). The van der Waals surface area contributed by atoms with Crippen LogP contribution < -0.4 is 5.32 Å². The van der Waals surface area contributed by atoms with Gasteiger partial charge in [-0.25, -0.2) is 9.18 Å². The predicted molar refractivity (Wildman–Crippen MR) is 130 cm³/mol. The van der Waals surface area contributed by atoms with Crippen molar-refractivity contribution in [2.45, 2.75) is 31.9 Å². The molecule has 2 rings (SSSR count). The summed E-state index contributed by atoms with van der Waals surface area (Å²) in [6, 6.07) is 3.91. The number of likely N-dealkylation sites (tertiary alicyclic amines) is 1. The minimum absolute atomic E-state index is 0.0779. The van der Waals surface area contributed by atoms with E-state index in [1.165, 1.54) is 4.90 Å². The summed E-state index contributed by atoms with van der Waals surface area (Å²) in [6.07, 6.45) is 0.970. The minimum Gasteiger partial charge on any atom is -0.445 e. The topological polar surface area (TPSA) is 99.3 Å². The lowest BCUT2D eigenvalue weighted by Gasteiger charge is -2.36. The Kier molecular flexibility index (Phi) is 11.7. The number of carbonyl (C=O) groups excluding carboxylic acids is 4. The lowest BCUT2D eigenvalue weighted by molar-refractivity contribution is -0.143. The van der Waals surface area contributed by atoms with Gasteiger partial charge in [0.05, 0.1) is 16.6 Å². The summed E-state index contributed by atoms with van der Waals surface area (Å²) < 4.78 is 18.3. The van der Waals surface area contributed by atoms with Gasteiger partial charge >= 0.3 is 6.09 Å². The van der Waals surface area contributed by atoms with Gasteiger partial charge in [-0.1, -0.05) is 29.3 Å². The van der Waals surface area contributed by atoms with E-state index < -0.39 is 49.5 Å². The van der Waals surface area contributed by atoms with E-state index in [0.717, 1.165) is 4.90 Å². The van der Waals surface area contributed by atoms with Gasteiger partial charge in [-0.05, 0) is 51.1 Å². The molecule has 1 aliphatic rings. The Morgan fingerprint density at radius 3 is 2.54 bits per heavy atom. The van der Waals surface area contributed by atoms with E-state index in [0.29, 0.717) is 48.0 Å². The van der Waals surface area contributed by atoms with Gasteiger partial charge in [0.15, 0.2) is 5.78 Å². The highest BCUT2D eigenvalue weighted by molar-refractivity contribution is 6.42. The van der Waals surface area contributed by atoms with Gasteiger partial charge in [-0.3, -0.25) is 19.3 Å². The molecule has 1 heterocycles. The zero-order valence-electron chi connectivity index (χ0n) is 19.9. The molecule has 0 aliphatic carbocycles. The van der Waals surface area contributed by atoms with Crippen LogP contribution in [0.5, 0.6) is 0 Å². The van der Waals surface area contributed by atoms with E-state index in [-0.39, 0.29) is 13.2 Å². The molecule has 1 aliphatic heterocycles. The van der Waals surface area contributed by atoms with Crippen molar-refractivity contribution in [2.75, 3.05) is 53.5 Å². The Morgan fingerprint density at radius 2 is 1.89 bits per heavy atom. The smallest absolute Gasteiger partial charge is 0.410 e. The Balaban J connectivity index is 2.08. The lowest BCUT2D eigenvalue weighted by Crippen LogP contribution is -2.55. The number of likely N-dealkylation sites (N-methyl/N-ethyl adjacent to an activating group) is 1. The van der Waals surface area contributed by atoms with Gasteiger partial charge in [0.25, 0.3) is 0 Å². The average molecular weight is 533 g/mol. The molecule has 194 valence electrons. The number of benzene rings is 1. The Bertz CT molecular complexity index is 918. The largest absolute Gasteiger partial charge is 0.445 e. The SMILES string of the molecule is CN(C)CCNC(=O)CN(CC(=O)CF)C(=O)C1CCCCN1C(=O)OCc1ccc(Cl)c(Cl)c1. The number of nitrogens with one attached hydrogen (secondary N) is 1. The number of nitrogens with zero attached hydrogens (tertiary/aromatic N) is 3. The monoisotopic (exact) mass is 532 g/mol. The minimum atomic E-state index is -1.26. The number of Topliss-reactive ketones (excluding diaryl/α,β-unsaturated/α-hetero) is 1. The normalized spacial score (nSPS) is 15.6. The van der Waals surface area contributed by atoms with Crippen molar-refractivity contribution < 1.29 is 28.3 Å². The third kappa shape index (κ3) is 9.27. The summed E-state index contributed by atoms with van der Waals surface area (Å²) in [5, 5.41) is 3.36. The molecular weight excluding hydrogens is 502 g/mol. The van der Waals surface area contributed by atoms with Crippen molar-refractivity contribution in [3.8, 4) is 0 Å². The molecule has 0 saturated carbocycles. The molecule has 9 nitrogen and oxygen atoms in total. The van der Waals surface area contributed by atoms with Crippen LogP contribution in [0.1, 0.15) is 24.8 Å². The van der Waals surface area contributed by atoms with Crippen molar-refractivity contribution in [1.29, 1.82) is 0 Å². The number of hydrogen-bond acceptors (Lipinski definition) is 6. The van der Waals surface area contributed by atoms with Crippen LogP contribution >= 0.6 is 23.2 Å². The summed E-state index contributed by atoms with van der Waals surface area (Å²) in [5.74, 6) is -1.90. The average Bonchev–Trinajstić information content (AvgIpc) is 2.83. The first kappa shape index (κ1) is 28.8. The number of piperidine rings is 1. The summed E-state index contributed by atoms with van der Waals surface area (Å²) in [6.45, 7) is -1.10. The van der Waals surface area contributed by atoms with Crippen LogP contribution in [0.2, 0.25) is 10.0 Å². The van der Waals surface area contributed by atoms with Crippen LogP contribution in [0, 0.1) is 0 Å². The molecule has 1 atom stereocenters. The van der Waals surface area contributed by atoms with Gasteiger partial charge in [0.2, 0.25) is 11.8 Å². The Hall–Kier alpha value is -2.43. The molecule has 35 heavy (non-hydrogen) atoms. The predicted octanol–water partition coefficient (Wildman–Crippen LogP) is 2.53. The molecule has 1 fully saturated rings. The number of ketones is 1. The molecule has 0 aromatic heterocycles. The van der Waals surface area contributed by atoms with Gasteiger partial charge in [-0.15, -0.1) is 0 Å². The molecule has 1 aromatic rings. The van der Waals surface area contributed by atoms with Crippen molar-refractivity contribution in [3.05, 3.63) is 33.8 Å². The van der Waals surface area contributed by atoms with Crippen LogP contribution in [0.25, 0.3) is 0 Å². The highest BCUT2D eigenvalue weighted by Crippen LogP contribution is 2.24. The molecule has 12 heteroatoms. The second-order valence-electron chi connectivity index (χ2n) is 8.53. The Morgan fingerprint density at radius 1 is 1.14 bits per heavy atom. The third-order valence-corrected chi connectivity index (χ3v) is 6.15. The number of ether oxygens (including phenoxy) is 1. The second-order valence-corrected chi connectivity index (χ2v) is 9.34. The molecular formula is C23H31Cl2FN4O5. The summed E-state index contributed by atoms with van der Waals surface area (Å²) in [7, 11) is 3.69. The van der Waals surface area contributed by atoms with Crippen LogP contribution in [0.3, 0.4) is 0 Å². The summed E-state index contributed by atoms with van der Waals surface area (Å²) in [5.41, 5.74) is 0.622. The van der Waals surface area contributed by atoms with Crippen molar-refractivity contribution >= 4 is 46.9 Å². The fraction of sp³-hybridized carbons (Fsp3) is 0.565. The highest BCUT2D eigenvalue weighted by Gasteiger charge is 2.36. The summed E-state index contributed by atoms with van der Waals surface area (Å²) in [4.78, 5) is 54.5. The van der Waals surface area contributed by atoms with Gasteiger partial charge in [0, 0.05) is 19.6 Å². The molecule has 1 aromatic carbocycles. The van der Waals surface area contributed by atoms with E-state index >= 15 is 0 Å². The number of rotatable bonds is 11. The molecule has 3 amide bonds. The van der Waals surface area contributed by atoms with E-state index in [1.807, 2.05) is 19.0 Å². The highest BCUT2D eigenvalue weighted by atomic mass is 35.5. The second kappa shape index (κ2) is 14.2. The fourth-order valence-corrected chi connectivity index (χ4v) is 3.91. The lowest BCUT2D eigenvalue weighted by atomic mass is 10.0. The molecule has 0 radical (unpaired) electrons. The zero-order chi connectivity index (χ0) is 26.0. The number of alkyl halides is 1. The number of halogens is 3. The Labute approximate surface area is 214 Å². The van der Waals surface area contributed by atoms with Crippen LogP contribution in [0.4, 0.5) is 9.18 Å². The fourth-order valence-electron chi connectivity index (χ4n) is 3.59. The number of hydrogen-bond donors (Lipinski definition) is 1. The molecule has 0 bridgehead atoms. The number of amides is 3. The van der Waals surface area contributed by atoms with Crippen molar-refractivity contribution in [3.63, 3.8) is 0 Å². The van der Waals surface area contributed by atoms with Crippen molar-refractivity contribution in [1.82, 2.24) is 20.0 Å². The first-order chi connectivity index (χ1) is 16.6. The van der Waals surface area contributed by atoms with Crippen LogP contribution in [-0.4, -0.2) is 97.9 Å². The zero-order valence-corrected chi connectivity index (χ0v) is 21.4. The molecule has 1 saturated heterocycles. The van der Waals surface area contributed by atoms with Gasteiger partial charge in [-0.2, -0.15) is 0 Å². The first-order valence-electron chi connectivity index (χ1n) is 11.3. The first-order valence-corrected chi connectivity index (χ1v) is 12.0. The van der Waals surface area contributed by atoms with Gasteiger partial charge < -0.3 is 19.9 Å². The third-order valence-electron chi connectivity index (χ3n) is 5.41. The van der Waals surface area contributed by atoms with E-state index in [9.17, 15) is 23.6 Å². The maximum absolute atomic E-state index is 13.3. The van der Waals surface area contributed by atoms with Crippen LogP contribution in [-0.2, 0) is 25.7 Å².